The van der Waals surface area contributed by atoms with Crippen molar-refractivity contribution in [3.05, 3.63) is 18.5 Å². The van der Waals surface area contributed by atoms with Crippen LogP contribution in [-0.4, -0.2) is 84.1 Å². The van der Waals surface area contributed by atoms with Crippen LogP contribution in [0.4, 0.5) is 5.95 Å². The number of aromatic nitrogens is 2. The first-order valence-electron chi connectivity index (χ1n) is 10.3. The monoisotopic (exact) mass is 387 g/mol. The van der Waals surface area contributed by atoms with Crippen molar-refractivity contribution < 1.29 is 14.3 Å². The van der Waals surface area contributed by atoms with Gasteiger partial charge in [-0.15, -0.1) is 0 Å². The summed E-state index contributed by atoms with van der Waals surface area (Å²) in [6.45, 7) is 7.07. The van der Waals surface area contributed by atoms with Crippen LogP contribution < -0.4 is 4.90 Å². The predicted molar refractivity (Wildman–Crippen MR) is 104 cm³/mol. The minimum Gasteiger partial charge on any atom is -0.378 e. The molecule has 0 bridgehead atoms. The zero-order valence-corrected chi connectivity index (χ0v) is 16.5. The van der Waals surface area contributed by atoms with Gasteiger partial charge in [0, 0.05) is 64.0 Å². The van der Waals surface area contributed by atoms with Gasteiger partial charge in [0.05, 0.1) is 18.6 Å². The number of hydrogen-bond acceptors (Lipinski definition) is 6. The molecule has 0 N–H and O–H groups in total. The fourth-order valence-corrected chi connectivity index (χ4v) is 4.92. The fourth-order valence-electron chi connectivity index (χ4n) is 4.92. The van der Waals surface area contributed by atoms with E-state index in [0.29, 0.717) is 58.3 Å². The van der Waals surface area contributed by atoms with Gasteiger partial charge < -0.3 is 19.4 Å². The van der Waals surface area contributed by atoms with E-state index in [4.69, 9.17) is 4.74 Å². The molecular weight excluding hydrogens is 358 g/mol. The van der Waals surface area contributed by atoms with E-state index < -0.39 is 5.41 Å². The lowest BCUT2D eigenvalue weighted by Gasteiger charge is -2.38. The van der Waals surface area contributed by atoms with Crippen LogP contribution in [0.3, 0.4) is 0 Å². The predicted octanol–water partition coefficient (Wildman–Crippen LogP) is 0.790. The Morgan fingerprint density at radius 3 is 2.61 bits per heavy atom. The highest BCUT2D eigenvalue weighted by Crippen LogP contribution is 2.45. The fraction of sp³-hybridized carbons (Fsp3) is 0.700. The van der Waals surface area contributed by atoms with E-state index in [1.165, 1.54) is 0 Å². The van der Waals surface area contributed by atoms with Crippen molar-refractivity contribution in [1.82, 2.24) is 19.8 Å². The molecule has 3 aliphatic heterocycles. The number of morpholine rings is 1. The van der Waals surface area contributed by atoms with Gasteiger partial charge in [0.1, 0.15) is 0 Å². The van der Waals surface area contributed by atoms with Gasteiger partial charge in [0.25, 0.3) is 0 Å². The minimum atomic E-state index is -0.487. The summed E-state index contributed by atoms with van der Waals surface area (Å²) < 4.78 is 5.45. The molecule has 0 radical (unpaired) electrons. The van der Waals surface area contributed by atoms with Gasteiger partial charge in [-0.25, -0.2) is 9.97 Å². The van der Waals surface area contributed by atoms with Crippen LogP contribution in [0, 0.1) is 11.3 Å². The van der Waals surface area contributed by atoms with Gasteiger partial charge in [-0.3, -0.25) is 9.59 Å². The van der Waals surface area contributed by atoms with Crippen molar-refractivity contribution in [3.63, 3.8) is 0 Å². The van der Waals surface area contributed by atoms with Gasteiger partial charge in [0.2, 0.25) is 17.8 Å². The minimum absolute atomic E-state index is 0.0876. The average molecular weight is 387 g/mol. The molecule has 8 heteroatoms. The van der Waals surface area contributed by atoms with Crippen LogP contribution in [-0.2, 0) is 14.3 Å². The molecule has 2 amide bonds. The van der Waals surface area contributed by atoms with Crippen molar-refractivity contribution in [1.29, 1.82) is 0 Å². The van der Waals surface area contributed by atoms with Crippen molar-refractivity contribution in [2.24, 2.45) is 11.3 Å². The molecule has 4 rings (SSSR count). The van der Waals surface area contributed by atoms with Crippen molar-refractivity contribution in [2.75, 3.05) is 57.4 Å². The number of anilines is 1. The van der Waals surface area contributed by atoms with Crippen LogP contribution in [0.25, 0.3) is 0 Å². The van der Waals surface area contributed by atoms with Crippen molar-refractivity contribution in [3.8, 4) is 0 Å². The lowest BCUT2D eigenvalue weighted by atomic mass is 9.73. The molecule has 3 aliphatic rings. The number of likely N-dealkylation sites (tertiary alicyclic amines) is 1. The maximum absolute atomic E-state index is 13.7. The summed E-state index contributed by atoms with van der Waals surface area (Å²) in [6.07, 6.45) is 5.62. The molecule has 0 unspecified atom stereocenters. The molecule has 1 aromatic heterocycles. The third kappa shape index (κ3) is 3.45. The lowest BCUT2D eigenvalue weighted by Crippen LogP contribution is -2.53. The highest BCUT2D eigenvalue weighted by atomic mass is 16.5. The Morgan fingerprint density at radius 1 is 1.14 bits per heavy atom. The summed E-state index contributed by atoms with van der Waals surface area (Å²) in [5.41, 5.74) is -0.487. The Bertz CT molecular complexity index is 709. The quantitative estimate of drug-likeness (QED) is 0.763. The van der Waals surface area contributed by atoms with E-state index in [9.17, 15) is 9.59 Å². The normalized spacial score (nSPS) is 28.0. The summed E-state index contributed by atoms with van der Waals surface area (Å²) in [5.74, 6) is 1.14. The zero-order valence-electron chi connectivity index (χ0n) is 16.5. The Labute approximate surface area is 165 Å². The first kappa shape index (κ1) is 19.1. The standard InChI is InChI=1S/C20H29N5O3/c1-2-17(26)24-8-3-5-20(18(27)23-9-11-28-12-10-23)15-25(14-16(20)13-24)19-21-6-4-7-22-19/h4,6-7,16H,2-3,5,8-15H2,1H3/t16-,20-/m1/s1. The molecule has 2 atom stereocenters. The summed E-state index contributed by atoms with van der Waals surface area (Å²) in [4.78, 5) is 41.0. The summed E-state index contributed by atoms with van der Waals surface area (Å²) in [7, 11) is 0. The zero-order chi connectivity index (χ0) is 19.6. The molecule has 0 aliphatic carbocycles. The molecule has 28 heavy (non-hydrogen) atoms. The molecule has 0 aromatic carbocycles. The lowest BCUT2D eigenvalue weighted by molar-refractivity contribution is -0.148. The van der Waals surface area contributed by atoms with Crippen LogP contribution in [0.2, 0.25) is 0 Å². The number of carbonyl (C=O) groups is 2. The van der Waals surface area contributed by atoms with E-state index in [1.807, 2.05) is 16.7 Å². The first-order valence-corrected chi connectivity index (χ1v) is 10.3. The van der Waals surface area contributed by atoms with Gasteiger partial charge in [0.15, 0.2) is 0 Å². The van der Waals surface area contributed by atoms with E-state index in [2.05, 4.69) is 14.9 Å². The van der Waals surface area contributed by atoms with Gasteiger partial charge in [-0.2, -0.15) is 0 Å². The van der Waals surface area contributed by atoms with E-state index >= 15 is 0 Å². The van der Waals surface area contributed by atoms with Gasteiger partial charge in [-0.05, 0) is 18.9 Å². The average Bonchev–Trinajstić information content (AvgIpc) is 3.02. The third-order valence-electron chi connectivity index (χ3n) is 6.40. The van der Waals surface area contributed by atoms with Crippen LogP contribution in [0.1, 0.15) is 26.2 Å². The Kier molecular flexibility index (Phi) is 5.48. The molecule has 3 fully saturated rings. The molecule has 152 valence electrons. The second-order valence-electron chi connectivity index (χ2n) is 7.98. The smallest absolute Gasteiger partial charge is 0.231 e. The van der Waals surface area contributed by atoms with E-state index in [-0.39, 0.29) is 17.7 Å². The molecule has 0 spiro atoms. The van der Waals surface area contributed by atoms with Crippen molar-refractivity contribution in [2.45, 2.75) is 26.2 Å². The van der Waals surface area contributed by atoms with E-state index in [0.717, 1.165) is 19.4 Å². The summed E-state index contributed by atoms with van der Waals surface area (Å²) >= 11 is 0. The number of carbonyl (C=O) groups excluding carboxylic acids is 2. The summed E-state index contributed by atoms with van der Waals surface area (Å²) in [5, 5.41) is 0. The van der Waals surface area contributed by atoms with Crippen LogP contribution in [0.5, 0.6) is 0 Å². The highest BCUT2D eigenvalue weighted by molar-refractivity contribution is 5.85. The first-order chi connectivity index (χ1) is 13.6. The molecule has 1 aromatic rings. The van der Waals surface area contributed by atoms with Crippen molar-refractivity contribution >= 4 is 17.8 Å². The molecule has 0 saturated carbocycles. The number of amides is 2. The largest absolute Gasteiger partial charge is 0.378 e. The highest BCUT2D eigenvalue weighted by Gasteiger charge is 2.55. The second-order valence-corrected chi connectivity index (χ2v) is 7.98. The third-order valence-corrected chi connectivity index (χ3v) is 6.40. The Hall–Kier alpha value is -2.22. The summed E-state index contributed by atoms with van der Waals surface area (Å²) in [6, 6.07) is 1.80. The number of nitrogens with zero attached hydrogens (tertiary/aromatic N) is 5. The molecule has 4 heterocycles. The SMILES string of the molecule is CCC(=O)N1CCC[C@@]2(C(=O)N3CCOCC3)CN(c3ncccn3)C[C@H]2C1. The van der Waals surface area contributed by atoms with Crippen LogP contribution in [0.15, 0.2) is 18.5 Å². The topological polar surface area (TPSA) is 78.9 Å². The second kappa shape index (κ2) is 8.03. The molecule has 3 saturated heterocycles. The Balaban J connectivity index is 1.64. The number of rotatable bonds is 3. The Morgan fingerprint density at radius 2 is 1.89 bits per heavy atom. The van der Waals surface area contributed by atoms with E-state index in [1.54, 1.807) is 18.5 Å². The number of ether oxygens (including phenoxy) is 1. The van der Waals surface area contributed by atoms with Gasteiger partial charge in [-0.1, -0.05) is 6.92 Å². The number of hydrogen-bond donors (Lipinski definition) is 0. The number of fused-ring (bicyclic) bond motifs is 1. The maximum atomic E-state index is 13.7. The van der Waals surface area contributed by atoms with Crippen LogP contribution >= 0.6 is 0 Å². The molecule has 8 nitrogen and oxygen atoms in total. The molecular formula is C20H29N5O3. The maximum Gasteiger partial charge on any atom is 0.231 e. The van der Waals surface area contributed by atoms with Gasteiger partial charge >= 0.3 is 0 Å².